The van der Waals surface area contributed by atoms with E-state index in [0.717, 1.165) is 11.3 Å². The summed E-state index contributed by atoms with van der Waals surface area (Å²) in [6, 6.07) is 20.1. The van der Waals surface area contributed by atoms with E-state index < -0.39 is 21.9 Å². The van der Waals surface area contributed by atoms with E-state index in [1.807, 2.05) is 18.2 Å². The summed E-state index contributed by atoms with van der Waals surface area (Å²) in [4.78, 5) is 29.5. The predicted octanol–water partition coefficient (Wildman–Crippen LogP) is 3.45. The Kier molecular flexibility index (Phi) is 7.10. The number of thiazole rings is 1. The van der Waals surface area contributed by atoms with Crippen molar-refractivity contribution in [2.45, 2.75) is 17.9 Å². The average molecular weight is 512 g/mol. The first-order valence-corrected chi connectivity index (χ1v) is 12.8. The van der Waals surface area contributed by atoms with Gasteiger partial charge in [-0.25, -0.2) is 13.6 Å². The van der Waals surface area contributed by atoms with Gasteiger partial charge in [-0.2, -0.15) is 4.99 Å². The van der Waals surface area contributed by atoms with Crippen molar-refractivity contribution >= 4 is 43.5 Å². The molecular formula is C24H21N3O6S2. The molecule has 11 heteroatoms. The third kappa shape index (κ3) is 5.65. The first-order chi connectivity index (χ1) is 16.8. The summed E-state index contributed by atoms with van der Waals surface area (Å²) in [5.74, 6) is -0.0806. The standard InChI is InChI=1S/C24H21N3O6S2/c1-32-22(28)13-14-27-19-12-11-17(35(25,30)31)15-21(19)34-24(27)26-23(29)18-9-5-6-10-20(18)33-16-7-3-2-4-8-16/h2-12,15H,13-14H2,1H3,(H2,25,30,31). The second-order valence-electron chi connectivity index (χ2n) is 7.37. The number of esters is 1. The van der Waals surface area contributed by atoms with Gasteiger partial charge in [0.15, 0.2) is 4.80 Å². The lowest BCUT2D eigenvalue weighted by molar-refractivity contribution is -0.140. The maximum atomic E-state index is 13.2. The maximum absolute atomic E-state index is 13.2. The molecule has 2 N–H and O–H groups in total. The zero-order valence-electron chi connectivity index (χ0n) is 18.6. The molecule has 0 aliphatic rings. The van der Waals surface area contributed by atoms with Gasteiger partial charge in [0.2, 0.25) is 10.0 Å². The minimum absolute atomic E-state index is 0.0361. The highest BCUT2D eigenvalue weighted by atomic mass is 32.2. The van der Waals surface area contributed by atoms with E-state index in [2.05, 4.69) is 4.99 Å². The number of aryl methyl sites for hydroxylation is 1. The summed E-state index contributed by atoms with van der Waals surface area (Å²) in [6.07, 6.45) is 0.0361. The molecular weight excluding hydrogens is 490 g/mol. The summed E-state index contributed by atoms with van der Waals surface area (Å²) in [6.45, 7) is 0.176. The largest absolute Gasteiger partial charge is 0.469 e. The SMILES string of the molecule is COC(=O)CCn1c(=NC(=O)c2ccccc2Oc2ccccc2)sc2cc(S(N)(=O)=O)ccc21. The zero-order chi connectivity index (χ0) is 25.0. The average Bonchev–Trinajstić information content (AvgIpc) is 3.19. The Hall–Kier alpha value is -3.80. The van der Waals surface area contributed by atoms with E-state index >= 15 is 0 Å². The van der Waals surface area contributed by atoms with Crippen molar-refractivity contribution in [3.8, 4) is 11.5 Å². The summed E-state index contributed by atoms with van der Waals surface area (Å²) in [7, 11) is -2.63. The first kappa shape index (κ1) is 24.3. The summed E-state index contributed by atoms with van der Waals surface area (Å²) in [5.41, 5.74) is 0.852. The molecule has 0 atom stereocenters. The van der Waals surface area contributed by atoms with Gasteiger partial charge in [0.25, 0.3) is 5.91 Å². The number of nitrogens with two attached hydrogens (primary N) is 1. The molecule has 4 rings (SSSR count). The summed E-state index contributed by atoms with van der Waals surface area (Å²) < 4.78 is 36.4. The topological polar surface area (TPSA) is 130 Å². The molecule has 1 amide bonds. The number of para-hydroxylation sites is 2. The van der Waals surface area contributed by atoms with Crippen LogP contribution in [0.1, 0.15) is 16.8 Å². The van der Waals surface area contributed by atoms with Crippen LogP contribution in [0.2, 0.25) is 0 Å². The van der Waals surface area contributed by atoms with Gasteiger partial charge < -0.3 is 14.0 Å². The van der Waals surface area contributed by atoms with Crippen LogP contribution in [0.5, 0.6) is 11.5 Å². The van der Waals surface area contributed by atoms with Gasteiger partial charge in [0.1, 0.15) is 11.5 Å². The van der Waals surface area contributed by atoms with Crippen molar-refractivity contribution < 1.29 is 27.5 Å². The number of benzene rings is 3. The number of nitrogens with zero attached hydrogens (tertiary/aromatic N) is 2. The summed E-state index contributed by atoms with van der Waals surface area (Å²) in [5, 5.41) is 5.26. The van der Waals surface area contributed by atoms with Crippen LogP contribution in [0.25, 0.3) is 10.2 Å². The lowest BCUT2D eigenvalue weighted by atomic mass is 10.2. The Balaban J connectivity index is 1.79. The third-order valence-electron chi connectivity index (χ3n) is 5.04. The lowest BCUT2D eigenvalue weighted by Crippen LogP contribution is -2.19. The van der Waals surface area contributed by atoms with E-state index in [9.17, 15) is 18.0 Å². The van der Waals surface area contributed by atoms with Crippen LogP contribution in [0.3, 0.4) is 0 Å². The number of methoxy groups -OCH3 is 1. The van der Waals surface area contributed by atoms with Crippen molar-refractivity contribution in [3.05, 3.63) is 83.2 Å². The number of aromatic nitrogens is 1. The van der Waals surface area contributed by atoms with Crippen LogP contribution >= 0.6 is 11.3 Å². The van der Waals surface area contributed by atoms with Crippen molar-refractivity contribution in [2.75, 3.05) is 7.11 Å². The van der Waals surface area contributed by atoms with Gasteiger partial charge in [-0.05, 0) is 42.5 Å². The highest BCUT2D eigenvalue weighted by Crippen LogP contribution is 2.26. The van der Waals surface area contributed by atoms with Crippen LogP contribution in [0, 0.1) is 0 Å². The van der Waals surface area contributed by atoms with Gasteiger partial charge in [-0.3, -0.25) is 9.59 Å². The van der Waals surface area contributed by atoms with Crippen molar-refractivity contribution in [1.82, 2.24) is 4.57 Å². The fraction of sp³-hybridized carbons (Fsp3) is 0.125. The van der Waals surface area contributed by atoms with Crippen molar-refractivity contribution in [3.63, 3.8) is 0 Å². The Bertz CT molecular complexity index is 1570. The molecule has 4 aromatic rings. The van der Waals surface area contributed by atoms with Gasteiger partial charge in [-0.15, -0.1) is 0 Å². The molecule has 0 radical (unpaired) electrons. The van der Waals surface area contributed by atoms with E-state index in [0.29, 0.717) is 21.7 Å². The maximum Gasteiger partial charge on any atom is 0.307 e. The number of sulfonamides is 1. The first-order valence-electron chi connectivity index (χ1n) is 10.4. The lowest BCUT2D eigenvalue weighted by Gasteiger charge is -2.09. The number of primary sulfonamides is 1. The molecule has 1 heterocycles. The van der Waals surface area contributed by atoms with Crippen molar-refractivity contribution in [2.24, 2.45) is 10.1 Å². The molecule has 0 aliphatic heterocycles. The molecule has 180 valence electrons. The third-order valence-corrected chi connectivity index (χ3v) is 6.99. The Morgan fingerprint density at radius 2 is 1.74 bits per heavy atom. The number of hydrogen-bond donors (Lipinski definition) is 1. The van der Waals surface area contributed by atoms with E-state index in [1.165, 1.54) is 19.2 Å². The highest BCUT2D eigenvalue weighted by Gasteiger charge is 2.16. The minimum atomic E-state index is -3.92. The number of ether oxygens (including phenoxy) is 2. The van der Waals surface area contributed by atoms with E-state index in [-0.39, 0.29) is 28.2 Å². The molecule has 0 saturated carbocycles. The highest BCUT2D eigenvalue weighted by molar-refractivity contribution is 7.89. The molecule has 0 saturated heterocycles. The smallest absolute Gasteiger partial charge is 0.307 e. The van der Waals surface area contributed by atoms with Crippen LogP contribution in [0.15, 0.2) is 82.7 Å². The zero-order valence-corrected chi connectivity index (χ0v) is 20.2. The molecule has 1 aromatic heterocycles. The molecule has 0 aliphatic carbocycles. The Labute approximate surface area is 205 Å². The number of hydrogen-bond acceptors (Lipinski definition) is 7. The van der Waals surface area contributed by atoms with Crippen LogP contribution < -0.4 is 14.7 Å². The Morgan fingerprint density at radius 1 is 1.03 bits per heavy atom. The summed E-state index contributed by atoms with van der Waals surface area (Å²) >= 11 is 1.11. The predicted molar refractivity (Wildman–Crippen MR) is 131 cm³/mol. The number of carbonyl (C=O) groups is 2. The van der Waals surface area contributed by atoms with E-state index in [1.54, 1.807) is 47.0 Å². The van der Waals surface area contributed by atoms with Gasteiger partial charge in [0.05, 0.1) is 34.2 Å². The van der Waals surface area contributed by atoms with Gasteiger partial charge >= 0.3 is 5.97 Å². The van der Waals surface area contributed by atoms with Crippen LogP contribution in [-0.4, -0.2) is 32.0 Å². The van der Waals surface area contributed by atoms with Crippen LogP contribution in [-0.2, 0) is 26.1 Å². The van der Waals surface area contributed by atoms with Gasteiger partial charge in [0, 0.05) is 6.54 Å². The van der Waals surface area contributed by atoms with Crippen molar-refractivity contribution in [1.29, 1.82) is 0 Å². The quantitative estimate of drug-likeness (QED) is 0.378. The molecule has 9 nitrogen and oxygen atoms in total. The van der Waals surface area contributed by atoms with E-state index in [4.69, 9.17) is 14.6 Å². The fourth-order valence-electron chi connectivity index (χ4n) is 3.33. The van der Waals surface area contributed by atoms with Crippen LogP contribution in [0.4, 0.5) is 0 Å². The Morgan fingerprint density at radius 3 is 2.46 bits per heavy atom. The monoisotopic (exact) mass is 511 g/mol. The second kappa shape index (κ2) is 10.2. The van der Waals surface area contributed by atoms with Gasteiger partial charge in [-0.1, -0.05) is 41.7 Å². The molecule has 0 bridgehead atoms. The number of rotatable bonds is 7. The molecule has 0 unspecified atom stereocenters. The molecule has 35 heavy (non-hydrogen) atoms. The molecule has 0 fully saturated rings. The number of carbonyl (C=O) groups excluding carboxylic acids is 2. The molecule has 3 aromatic carbocycles. The fourth-order valence-corrected chi connectivity index (χ4v) is 5.04. The normalized spacial score (nSPS) is 12.0. The second-order valence-corrected chi connectivity index (χ2v) is 9.94. The molecule has 0 spiro atoms. The number of fused-ring (bicyclic) bond motifs is 1. The minimum Gasteiger partial charge on any atom is -0.469 e. The number of amides is 1.